The first-order valence-corrected chi connectivity index (χ1v) is 9.91. The summed E-state index contributed by atoms with van der Waals surface area (Å²) in [5.74, 6) is 0. The van der Waals surface area contributed by atoms with Crippen LogP contribution in [0, 0.1) is 69.2 Å². The van der Waals surface area contributed by atoms with Gasteiger partial charge in [-0.05, 0) is 136 Å². The van der Waals surface area contributed by atoms with E-state index in [-0.39, 0.29) is 0 Å². The normalized spacial score (nSPS) is 12.1. The molecule has 0 aliphatic heterocycles. The molecule has 0 amide bonds. The number of furan rings is 1. The summed E-state index contributed by atoms with van der Waals surface area (Å²) < 4.78 is 6.58. The molecule has 0 saturated heterocycles. The number of hydrogen-bond donors (Lipinski definition) is 0. The quantitative estimate of drug-likeness (QED) is 0.312. The first-order valence-electron chi connectivity index (χ1n) is 9.91. The van der Waals surface area contributed by atoms with Crippen LogP contribution < -0.4 is 0 Å². The average Bonchev–Trinajstić information content (AvgIpc) is 3.04. The number of fused-ring (bicyclic) bond motifs is 5. The molecule has 0 atom stereocenters. The molecule has 0 unspecified atom stereocenters. The van der Waals surface area contributed by atoms with E-state index in [1.165, 1.54) is 77.2 Å². The Morgan fingerprint density at radius 2 is 0.630 bits per heavy atom. The Balaban J connectivity index is 2.51. The zero-order valence-corrected chi connectivity index (χ0v) is 18.4. The van der Waals surface area contributed by atoms with Crippen molar-refractivity contribution in [2.75, 3.05) is 0 Å². The summed E-state index contributed by atoms with van der Waals surface area (Å²) in [4.78, 5) is 0. The molecule has 1 heteroatoms. The number of hydrogen-bond acceptors (Lipinski definition) is 1. The van der Waals surface area contributed by atoms with Gasteiger partial charge >= 0.3 is 0 Å². The van der Waals surface area contributed by atoms with Gasteiger partial charge in [-0.25, -0.2) is 0 Å². The summed E-state index contributed by atoms with van der Waals surface area (Å²) in [7, 11) is 0. The maximum absolute atomic E-state index is 6.58. The lowest BCUT2D eigenvalue weighted by molar-refractivity contribution is 0.661. The van der Waals surface area contributed by atoms with Crippen LogP contribution >= 0.6 is 0 Å². The highest BCUT2D eigenvalue weighted by Gasteiger charge is 2.23. The molecule has 1 aromatic heterocycles. The first-order chi connectivity index (χ1) is 12.6. The van der Waals surface area contributed by atoms with Gasteiger partial charge < -0.3 is 4.42 Å². The predicted octanol–water partition coefficient (Wildman–Crippen LogP) is 7.82. The molecule has 27 heavy (non-hydrogen) atoms. The van der Waals surface area contributed by atoms with E-state index in [0.29, 0.717) is 0 Å². The highest BCUT2D eigenvalue weighted by molar-refractivity contribution is 6.23. The van der Waals surface area contributed by atoms with Crippen molar-refractivity contribution in [1.82, 2.24) is 0 Å². The van der Waals surface area contributed by atoms with Crippen LogP contribution in [0.4, 0.5) is 0 Å². The van der Waals surface area contributed by atoms with Crippen LogP contribution in [0.15, 0.2) is 4.42 Å². The zero-order valence-electron chi connectivity index (χ0n) is 18.4. The van der Waals surface area contributed by atoms with Gasteiger partial charge in [0.1, 0.15) is 11.2 Å². The molecule has 0 aliphatic rings. The molecular weight excluding hydrogens is 328 g/mol. The minimum absolute atomic E-state index is 1.07. The third kappa shape index (κ3) is 2.06. The molecule has 140 valence electrons. The largest absolute Gasteiger partial charge is 0.455 e. The fourth-order valence-corrected chi connectivity index (χ4v) is 4.93. The molecular formula is C26H30O. The molecule has 1 nitrogen and oxygen atoms in total. The van der Waals surface area contributed by atoms with E-state index in [2.05, 4.69) is 69.2 Å². The maximum atomic E-state index is 6.58. The second kappa shape index (κ2) is 5.61. The van der Waals surface area contributed by atoms with E-state index in [4.69, 9.17) is 4.42 Å². The molecule has 4 aromatic rings. The van der Waals surface area contributed by atoms with E-state index in [1.807, 2.05) is 0 Å². The number of aryl methyl sites for hydroxylation is 6. The van der Waals surface area contributed by atoms with Gasteiger partial charge in [0.2, 0.25) is 0 Å². The molecule has 0 N–H and O–H groups in total. The standard InChI is InChI=1S/C26H30O/c1-11-12(2)16(6)22-21(15(11)5)18(8)20(10)26-24(22)23-17(7)13(3)14(4)19(9)25(23)27-26/h1-10H3. The van der Waals surface area contributed by atoms with Crippen LogP contribution in [0.3, 0.4) is 0 Å². The van der Waals surface area contributed by atoms with Gasteiger partial charge in [-0.15, -0.1) is 0 Å². The summed E-state index contributed by atoms with van der Waals surface area (Å²) >= 11 is 0. The Hall–Kier alpha value is -2.28. The minimum Gasteiger partial charge on any atom is -0.455 e. The van der Waals surface area contributed by atoms with Gasteiger partial charge in [0, 0.05) is 10.8 Å². The van der Waals surface area contributed by atoms with E-state index in [0.717, 1.165) is 11.2 Å². The van der Waals surface area contributed by atoms with Crippen molar-refractivity contribution < 1.29 is 4.42 Å². The molecule has 0 bridgehead atoms. The van der Waals surface area contributed by atoms with Crippen LogP contribution in [-0.2, 0) is 0 Å². The summed E-state index contributed by atoms with van der Waals surface area (Å²) in [6.45, 7) is 22.4. The van der Waals surface area contributed by atoms with E-state index in [1.54, 1.807) is 0 Å². The van der Waals surface area contributed by atoms with Crippen molar-refractivity contribution in [2.24, 2.45) is 0 Å². The van der Waals surface area contributed by atoms with Gasteiger partial charge in [0.25, 0.3) is 0 Å². The molecule has 1 heterocycles. The van der Waals surface area contributed by atoms with Crippen LogP contribution in [0.1, 0.15) is 55.6 Å². The monoisotopic (exact) mass is 358 g/mol. The topological polar surface area (TPSA) is 13.1 Å². The maximum Gasteiger partial charge on any atom is 0.139 e. The van der Waals surface area contributed by atoms with Crippen LogP contribution in [0.5, 0.6) is 0 Å². The average molecular weight is 359 g/mol. The van der Waals surface area contributed by atoms with Gasteiger partial charge in [-0.2, -0.15) is 0 Å². The van der Waals surface area contributed by atoms with Gasteiger partial charge in [0.15, 0.2) is 0 Å². The molecule has 3 aromatic carbocycles. The second-order valence-electron chi connectivity index (χ2n) is 8.51. The Labute approximate surface area is 162 Å². The molecule has 0 radical (unpaired) electrons. The summed E-state index contributed by atoms with van der Waals surface area (Å²) in [5.41, 5.74) is 15.7. The van der Waals surface area contributed by atoms with E-state index >= 15 is 0 Å². The van der Waals surface area contributed by atoms with Crippen LogP contribution in [0.2, 0.25) is 0 Å². The lowest BCUT2D eigenvalue weighted by Gasteiger charge is -2.18. The molecule has 0 spiro atoms. The predicted molar refractivity (Wildman–Crippen MR) is 119 cm³/mol. The van der Waals surface area contributed by atoms with E-state index < -0.39 is 0 Å². The van der Waals surface area contributed by atoms with E-state index in [9.17, 15) is 0 Å². The summed E-state index contributed by atoms with van der Waals surface area (Å²) in [5, 5.41) is 5.43. The summed E-state index contributed by atoms with van der Waals surface area (Å²) in [6.07, 6.45) is 0. The zero-order chi connectivity index (χ0) is 19.9. The van der Waals surface area contributed by atoms with Crippen LogP contribution in [0.25, 0.3) is 32.7 Å². The summed E-state index contributed by atoms with van der Waals surface area (Å²) in [6, 6.07) is 0. The Bertz CT molecular complexity index is 1300. The third-order valence-electron chi connectivity index (χ3n) is 7.53. The Morgan fingerprint density at radius 1 is 0.296 bits per heavy atom. The molecule has 0 fully saturated rings. The van der Waals surface area contributed by atoms with Crippen molar-refractivity contribution in [2.45, 2.75) is 69.2 Å². The second-order valence-corrected chi connectivity index (χ2v) is 8.51. The van der Waals surface area contributed by atoms with Crippen molar-refractivity contribution in [1.29, 1.82) is 0 Å². The van der Waals surface area contributed by atoms with Crippen molar-refractivity contribution in [3.05, 3.63) is 55.6 Å². The Kier molecular flexibility index (Phi) is 3.76. The number of rotatable bonds is 0. The highest BCUT2D eigenvalue weighted by Crippen LogP contribution is 2.45. The van der Waals surface area contributed by atoms with Gasteiger partial charge in [-0.1, -0.05) is 0 Å². The van der Waals surface area contributed by atoms with Gasteiger partial charge in [-0.3, -0.25) is 0 Å². The SMILES string of the molecule is Cc1c(C)c(C)c2c(oc3c(C)c(C)c4c(C)c(C)c(C)c(C)c4c32)c1C. The molecule has 0 aliphatic carbocycles. The van der Waals surface area contributed by atoms with Gasteiger partial charge in [0.05, 0.1) is 0 Å². The highest BCUT2D eigenvalue weighted by atomic mass is 16.3. The van der Waals surface area contributed by atoms with Crippen molar-refractivity contribution >= 4 is 32.7 Å². The molecule has 4 rings (SSSR count). The minimum atomic E-state index is 1.07. The van der Waals surface area contributed by atoms with Crippen LogP contribution in [-0.4, -0.2) is 0 Å². The lowest BCUT2D eigenvalue weighted by Crippen LogP contribution is -1.98. The van der Waals surface area contributed by atoms with Crippen molar-refractivity contribution in [3.8, 4) is 0 Å². The van der Waals surface area contributed by atoms with Crippen molar-refractivity contribution in [3.63, 3.8) is 0 Å². The Morgan fingerprint density at radius 3 is 1.19 bits per heavy atom. The first kappa shape index (κ1) is 18.1. The fourth-order valence-electron chi connectivity index (χ4n) is 4.93. The lowest BCUT2D eigenvalue weighted by atomic mass is 9.84. The number of benzene rings is 3. The molecule has 0 saturated carbocycles. The smallest absolute Gasteiger partial charge is 0.139 e. The third-order valence-corrected chi connectivity index (χ3v) is 7.53. The fraction of sp³-hybridized carbons (Fsp3) is 0.385.